The Morgan fingerprint density at radius 1 is 1.17 bits per heavy atom. The highest BCUT2D eigenvalue weighted by Crippen LogP contribution is 2.40. The van der Waals surface area contributed by atoms with Gasteiger partial charge in [-0.2, -0.15) is 13.8 Å². The molecule has 5 rings (SSSR count). The van der Waals surface area contributed by atoms with Crippen LogP contribution in [0.25, 0.3) is 0 Å². The van der Waals surface area contributed by atoms with Crippen LogP contribution in [0.5, 0.6) is 5.75 Å². The molecule has 0 atom stereocenters. The summed E-state index contributed by atoms with van der Waals surface area (Å²) in [6, 6.07) is 5.07. The van der Waals surface area contributed by atoms with Gasteiger partial charge in [-0.1, -0.05) is 19.8 Å². The average Bonchev–Trinajstić information content (AvgIpc) is 3.48. The molecule has 1 saturated heterocycles. The van der Waals surface area contributed by atoms with Gasteiger partial charge >= 0.3 is 5.92 Å². The molecule has 1 saturated carbocycles. The summed E-state index contributed by atoms with van der Waals surface area (Å²) < 4.78 is 35.9. The van der Waals surface area contributed by atoms with Crippen LogP contribution in [0.15, 0.2) is 24.4 Å². The number of hydrogen-bond donors (Lipinski definition) is 2. The zero-order valence-electron chi connectivity index (χ0n) is 24.0. The predicted molar refractivity (Wildman–Crippen MR) is 153 cm³/mol. The van der Waals surface area contributed by atoms with Crippen molar-refractivity contribution in [2.75, 3.05) is 55.5 Å². The second-order valence-electron chi connectivity index (χ2n) is 11.2. The SMILES string of the molecule is CCCN1C(=O)C(F)(F)CN(C2CCCC2)c2nc(Nc3ccc(C(=O)NC4CCN(C)CC4)cc3OC)ncc21. The molecule has 0 unspecified atom stereocenters. The fourth-order valence-corrected chi connectivity index (χ4v) is 5.93. The number of anilines is 4. The normalized spacial score (nSPS) is 20.1. The first-order valence-electron chi connectivity index (χ1n) is 14.5. The molecule has 2 amide bonds. The van der Waals surface area contributed by atoms with Gasteiger partial charge in [-0.05, 0) is 70.4 Å². The molecule has 41 heavy (non-hydrogen) atoms. The van der Waals surface area contributed by atoms with Crippen LogP contribution in [0, 0.1) is 0 Å². The number of amides is 2. The molecule has 2 aromatic rings. The number of alkyl halides is 2. The van der Waals surface area contributed by atoms with Gasteiger partial charge in [0.2, 0.25) is 5.95 Å². The zero-order chi connectivity index (χ0) is 29.1. The van der Waals surface area contributed by atoms with E-state index in [0.717, 1.165) is 56.5 Å². The van der Waals surface area contributed by atoms with E-state index in [2.05, 4.69) is 32.5 Å². The van der Waals surface area contributed by atoms with Gasteiger partial charge in [0.25, 0.3) is 11.8 Å². The van der Waals surface area contributed by atoms with Gasteiger partial charge in [0.15, 0.2) is 5.82 Å². The highest BCUT2D eigenvalue weighted by Gasteiger charge is 2.49. The molecule has 3 heterocycles. The Hall–Kier alpha value is -3.54. The Kier molecular flexibility index (Phi) is 8.58. The van der Waals surface area contributed by atoms with E-state index in [9.17, 15) is 9.59 Å². The molecule has 12 heteroatoms. The van der Waals surface area contributed by atoms with Crippen molar-refractivity contribution in [1.29, 1.82) is 0 Å². The third-order valence-electron chi connectivity index (χ3n) is 8.22. The fourth-order valence-electron chi connectivity index (χ4n) is 5.93. The third-order valence-corrected chi connectivity index (χ3v) is 8.22. The quantitative estimate of drug-likeness (QED) is 0.486. The van der Waals surface area contributed by atoms with Crippen LogP contribution < -0.4 is 25.2 Å². The van der Waals surface area contributed by atoms with Crippen LogP contribution in [0.4, 0.5) is 31.9 Å². The minimum atomic E-state index is -3.54. The molecule has 1 aromatic carbocycles. The van der Waals surface area contributed by atoms with Crippen LogP contribution in [0.2, 0.25) is 0 Å². The monoisotopic (exact) mass is 571 g/mol. The number of rotatable bonds is 8. The second kappa shape index (κ2) is 12.1. The number of hydrogen-bond acceptors (Lipinski definition) is 8. The van der Waals surface area contributed by atoms with Gasteiger partial charge in [-0.25, -0.2) is 4.98 Å². The van der Waals surface area contributed by atoms with Gasteiger partial charge in [0, 0.05) is 24.2 Å². The lowest BCUT2D eigenvalue weighted by Crippen LogP contribution is -2.49. The number of ether oxygens (including phenoxy) is 1. The van der Waals surface area contributed by atoms with Crippen molar-refractivity contribution < 1.29 is 23.1 Å². The highest BCUT2D eigenvalue weighted by atomic mass is 19.3. The second-order valence-corrected chi connectivity index (χ2v) is 11.2. The fraction of sp³-hybridized carbons (Fsp3) is 0.586. The predicted octanol–water partition coefficient (Wildman–Crippen LogP) is 4.19. The Morgan fingerprint density at radius 3 is 2.59 bits per heavy atom. The summed E-state index contributed by atoms with van der Waals surface area (Å²) in [4.78, 5) is 39.9. The maximum atomic E-state index is 15.2. The van der Waals surface area contributed by atoms with Crippen LogP contribution in [-0.2, 0) is 4.79 Å². The maximum Gasteiger partial charge on any atom is 0.342 e. The summed E-state index contributed by atoms with van der Waals surface area (Å²) >= 11 is 0. The summed E-state index contributed by atoms with van der Waals surface area (Å²) in [5, 5.41) is 6.24. The summed E-state index contributed by atoms with van der Waals surface area (Å²) in [6.07, 6.45) is 7.18. The maximum absolute atomic E-state index is 15.2. The molecule has 0 bridgehead atoms. The minimum absolute atomic E-state index is 0.129. The summed E-state index contributed by atoms with van der Waals surface area (Å²) in [5.41, 5.74) is 1.29. The Labute approximate surface area is 239 Å². The van der Waals surface area contributed by atoms with Crippen molar-refractivity contribution in [2.24, 2.45) is 0 Å². The number of fused-ring (bicyclic) bond motifs is 1. The molecular weight excluding hydrogens is 532 g/mol. The van der Waals surface area contributed by atoms with Crippen molar-refractivity contribution >= 4 is 35.0 Å². The Bertz CT molecular complexity index is 1260. The number of carbonyl (C=O) groups is 2. The first-order chi connectivity index (χ1) is 19.7. The molecule has 10 nitrogen and oxygen atoms in total. The van der Waals surface area contributed by atoms with E-state index >= 15 is 8.78 Å². The molecule has 2 fully saturated rings. The van der Waals surface area contributed by atoms with Crippen LogP contribution in [-0.4, -0.2) is 85.0 Å². The number of piperidine rings is 1. The number of nitrogens with one attached hydrogen (secondary N) is 2. The minimum Gasteiger partial charge on any atom is -0.495 e. The number of aromatic nitrogens is 2. The number of likely N-dealkylation sites (tertiary alicyclic amines) is 1. The summed E-state index contributed by atoms with van der Waals surface area (Å²) in [6.45, 7) is 3.15. The van der Waals surface area contributed by atoms with Gasteiger partial charge in [0.05, 0.1) is 25.5 Å². The van der Waals surface area contributed by atoms with E-state index in [1.807, 2.05) is 6.92 Å². The molecule has 3 aliphatic rings. The molecular formula is C29H39F2N7O3. The van der Waals surface area contributed by atoms with Crippen molar-refractivity contribution in [1.82, 2.24) is 20.2 Å². The highest BCUT2D eigenvalue weighted by molar-refractivity contribution is 6.02. The van der Waals surface area contributed by atoms with Crippen LogP contribution in [0.1, 0.15) is 62.2 Å². The van der Waals surface area contributed by atoms with E-state index < -0.39 is 18.4 Å². The van der Waals surface area contributed by atoms with Crippen molar-refractivity contribution in [3.8, 4) is 5.75 Å². The number of methoxy groups -OCH3 is 1. The standard InChI is InChI=1S/C29H39F2N7O3/c1-4-13-37-23-17-32-28(35-25(23)38(21-7-5-6-8-21)18-29(30,31)27(37)40)34-22-10-9-19(16-24(22)41-3)26(39)33-20-11-14-36(2)15-12-20/h9-10,16-17,20-21H,4-8,11-15,18H2,1-3H3,(H,33,39)(H,32,34,35). The number of nitrogens with zero attached hydrogens (tertiary/aromatic N) is 5. The zero-order valence-corrected chi connectivity index (χ0v) is 24.0. The first kappa shape index (κ1) is 29.0. The number of carbonyl (C=O) groups excluding carboxylic acids is 2. The molecule has 1 aromatic heterocycles. The molecule has 0 radical (unpaired) electrons. The summed E-state index contributed by atoms with van der Waals surface area (Å²) in [7, 11) is 3.58. The lowest BCUT2D eigenvalue weighted by atomic mass is 10.0. The van der Waals surface area contributed by atoms with E-state index in [4.69, 9.17) is 4.74 Å². The van der Waals surface area contributed by atoms with E-state index in [-0.39, 0.29) is 30.5 Å². The molecule has 2 N–H and O–H groups in total. The topological polar surface area (TPSA) is 103 Å². The van der Waals surface area contributed by atoms with Crippen molar-refractivity contribution in [2.45, 2.75) is 69.9 Å². The van der Waals surface area contributed by atoms with E-state index in [0.29, 0.717) is 34.9 Å². The van der Waals surface area contributed by atoms with Gasteiger partial charge in [0.1, 0.15) is 11.4 Å². The average molecular weight is 572 g/mol. The molecule has 2 aliphatic heterocycles. The lowest BCUT2D eigenvalue weighted by Gasteiger charge is -2.31. The molecule has 1 aliphatic carbocycles. The summed E-state index contributed by atoms with van der Waals surface area (Å²) in [5.74, 6) is -4.01. The smallest absolute Gasteiger partial charge is 0.342 e. The van der Waals surface area contributed by atoms with Crippen molar-refractivity contribution in [3.63, 3.8) is 0 Å². The Morgan fingerprint density at radius 2 is 1.90 bits per heavy atom. The molecule has 0 spiro atoms. The Balaban J connectivity index is 1.41. The van der Waals surface area contributed by atoms with Crippen LogP contribution >= 0.6 is 0 Å². The van der Waals surface area contributed by atoms with Gasteiger partial charge < -0.3 is 30.1 Å². The van der Waals surface area contributed by atoms with Crippen molar-refractivity contribution in [3.05, 3.63) is 30.0 Å². The largest absolute Gasteiger partial charge is 0.495 e. The third kappa shape index (κ3) is 6.22. The van der Waals surface area contributed by atoms with Gasteiger partial charge in [-0.15, -0.1) is 0 Å². The van der Waals surface area contributed by atoms with E-state index in [1.54, 1.807) is 23.1 Å². The molecule has 222 valence electrons. The number of halogens is 2. The number of benzene rings is 1. The first-order valence-corrected chi connectivity index (χ1v) is 14.5. The van der Waals surface area contributed by atoms with Gasteiger partial charge in [-0.3, -0.25) is 9.59 Å². The van der Waals surface area contributed by atoms with E-state index in [1.165, 1.54) is 13.3 Å². The lowest BCUT2D eigenvalue weighted by molar-refractivity contribution is -0.141. The van der Waals surface area contributed by atoms with Crippen LogP contribution in [0.3, 0.4) is 0 Å².